The van der Waals surface area contributed by atoms with Gasteiger partial charge in [-0.1, -0.05) is 42.0 Å². The van der Waals surface area contributed by atoms with Crippen LogP contribution in [-0.2, 0) is 13.2 Å². The van der Waals surface area contributed by atoms with Gasteiger partial charge in [-0.25, -0.2) is 4.79 Å². The Morgan fingerprint density at radius 3 is 2.52 bits per heavy atom. The molecule has 0 amide bonds. The maximum absolute atomic E-state index is 11.3. The molecule has 4 rings (SSSR count). The molecule has 0 atom stereocenters. The molecule has 0 bridgehead atoms. The lowest BCUT2D eigenvalue weighted by molar-refractivity contribution is 0.306. The minimum absolute atomic E-state index is 0.191. The fraction of sp³-hybridized carbons (Fsp3) is 0.136. The number of H-pyrrole nitrogens is 2. The molecule has 1 aromatic heterocycles. The van der Waals surface area contributed by atoms with Crippen LogP contribution >= 0.6 is 0 Å². The average molecular weight is 359 g/mol. The van der Waals surface area contributed by atoms with E-state index in [9.17, 15) is 4.79 Å². The lowest BCUT2D eigenvalue weighted by Crippen LogP contribution is -2.00. The second kappa shape index (κ2) is 7.41. The van der Waals surface area contributed by atoms with Gasteiger partial charge in [-0.15, -0.1) is 0 Å². The smallest absolute Gasteiger partial charge is 0.323 e. The zero-order valence-electron chi connectivity index (χ0n) is 15.1. The molecule has 5 heteroatoms. The van der Waals surface area contributed by atoms with Gasteiger partial charge in [-0.05, 0) is 48.4 Å². The molecule has 27 heavy (non-hydrogen) atoms. The number of hydrogen-bond donors (Lipinski definition) is 3. The third-order valence-electron chi connectivity index (χ3n) is 4.42. The Morgan fingerprint density at radius 1 is 0.889 bits per heavy atom. The molecule has 0 fully saturated rings. The second-order valence-corrected chi connectivity index (χ2v) is 6.61. The molecule has 0 spiro atoms. The van der Waals surface area contributed by atoms with E-state index in [-0.39, 0.29) is 5.69 Å². The van der Waals surface area contributed by atoms with Gasteiger partial charge in [0.25, 0.3) is 0 Å². The van der Waals surface area contributed by atoms with Crippen LogP contribution in [0.2, 0.25) is 0 Å². The maximum atomic E-state index is 11.3. The summed E-state index contributed by atoms with van der Waals surface area (Å²) in [5, 5.41) is 3.37. The average Bonchev–Trinajstić information content (AvgIpc) is 3.05. The van der Waals surface area contributed by atoms with E-state index in [4.69, 9.17) is 4.74 Å². The Morgan fingerprint density at radius 2 is 1.70 bits per heavy atom. The van der Waals surface area contributed by atoms with Gasteiger partial charge < -0.3 is 20.0 Å². The van der Waals surface area contributed by atoms with Crippen LogP contribution in [0.15, 0.2) is 71.5 Å². The van der Waals surface area contributed by atoms with Crippen molar-refractivity contribution in [2.45, 2.75) is 20.1 Å². The number of hydrogen-bond acceptors (Lipinski definition) is 3. The minimum Gasteiger partial charge on any atom is -0.489 e. The van der Waals surface area contributed by atoms with Crippen LogP contribution in [0.5, 0.6) is 5.75 Å². The predicted molar refractivity (Wildman–Crippen MR) is 108 cm³/mol. The zero-order valence-corrected chi connectivity index (χ0v) is 15.1. The molecular weight excluding hydrogens is 338 g/mol. The largest absolute Gasteiger partial charge is 0.489 e. The Bertz CT molecular complexity index is 1110. The summed E-state index contributed by atoms with van der Waals surface area (Å²) in [5.41, 5.74) is 5.92. The van der Waals surface area contributed by atoms with E-state index in [0.717, 1.165) is 28.0 Å². The van der Waals surface area contributed by atoms with Crippen molar-refractivity contribution in [1.29, 1.82) is 0 Å². The van der Waals surface area contributed by atoms with Crippen molar-refractivity contribution < 1.29 is 4.74 Å². The van der Waals surface area contributed by atoms with Gasteiger partial charge in [0, 0.05) is 12.2 Å². The van der Waals surface area contributed by atoms with Crippen LogP contribution in [0.3, 0.4) is 0 Å². The molecule has 0 aliphatic heterocycles. The Kier molecular flexibility index (Phi) is 4.66. The van der Waals surface area contributed by atoms with Crippen LogP contribution in [0.4, 0.5) is 5.69 Å². The minimum atomic E-state index is -0.191. The summed E-state index contributed by atoms with van der Waals surface area (Å²) in [7, 11) is 0. The van der Waals surface area contributed by atoms with E-state index in [0.29, 0.717) is 13.2 Å². The molecule has 0 radical (unpaired) electrons. The van der Waals surface area contributed by atoms with Crippen molar-refractivity contribution in [1.82, 2.24) is 9.97 Å². The van der Waals surface area contributed by atoms with Crippen molar-refractivity contribution in [2.75, 3.05) is 5.32 Å². The lowest BCUT2D eigenvalue weighted by Gasteiger charge is -2.09. The molecular formula is C22H21N3O2. The summed E-state index contributed by atoms with van der Waals surface area (Å²) in [6, 6.07) is 22.2. The highest BCUT2D eigenvalue weighted by Gasteiger charge is 2.01. The van der Waals surface area contributed by atoms with Gasteiger partial charge in [-0.2, -0.15) is 0 Å². The molecule has 4 aromatic rings. The molecule has 3 aromatic carbocycles. The van der Waals surface area contributed by atoms with Gasteiger partial charge in [-0.3, -0.25) is 0 Å². The molecule has 5 nitrogen and oxygen atoms in total. The highest BCUT2D eigenvalue weighted by atomic mass is 16.5. The van der Waals surface area contributed by atoms with Crippen LogP contribution in [0.25, 0.3) is 11.0 Å². The summed E-state index contributed by atoms with van der Waals surface area (Å²) in [6.45, 7) is 3.34. The quantitative estimate of drug-likeness (QED) is 0.479. The second-order valence-electron chi connectivity index (χ2n) is 6.61. The number of imidazole rings is 1. The van der Waals surface area contributed by atoms with E-state index >= 15 is 0 Å². The van der Waals surface area contributed by atoms with Gasteiger partial charge in [0.05, 0.1) is 11.0 Å². The predicted octanol–water partition coefficient (Wildman–Crippen LogP) is 4.36. The third kappa shape index (κ3) is 4.20. The van der Waals surface area contributed by atoms with Crippen LogP contribution < -0.4 is 15.7 Å². The fourth-order valence-electron chi connectivity index (χ4n) is 3.02. The molecule has 3 N–H and O–H groups in total. The number of aromatic nitrogens is 2. The topological polar surface area (TPSA) is 69.9 Å². The molecule has 0 unspecified atom stereocenters. The van der Waals surface area contributed by atoms with Crippen LogP contribution in [-0.4, -0.2) is 9.97 Å². The van der Waals surface area contributed by atoms with Gasteiger partial charge in [0.15, 0.2) is 0 Å². The van der Waals surface area contributed by atoms with Gasteiger partial charge in [0.1, 0.15) is 12.4 Å². The van der Waals surface area contributed by atoms with E-state index in [1.165, 1.54) is 11.1 Å². The first-order valence-corrected chi connectivity index (χ1v) is 8.89. The Hall–Kier alpha value is -3.47. The maximum Gasteiger partial charge on any atom is 0.323 e. The van der Waals surface area contributed by atoms with Crippen molar-refractivity contribution in [3.63, 3.8) is 0 Å². The first-order valence-electron chi connectivity index (χ1n) is 8.89. The molecule has 0 saturated carbocycles. The van der Waals surface area contributed by atoms with Gasteiger partial charge in [0.2, 0.25) is 0 Å². The monoisotopic (exact) mass is 359 g/mol. The third-order valence-corrected chi connectivity index (χ3v) is 4.42. The Labute approximate surface area is 157 Å². The van der Waals surface area contributed by atoms with Crippen molar-refractivity contribution in [3.05, 3.63) is 93.9 Å². The van der Waals surface area contributed by atoms with E-state index in [2.05, 4.69) is 52.5 Å². The van der Waals surface area contributed by atoms with Crippen molar-refractivity contribution in [2.24, 2.45) is 0 Å². The number of aromatic amines is 2. The SMILES string of the molecule is Cc1cccc(COc2ccc(CNc3ccc4[nH]c(=O)[nH]c4c3)cc2)c1. The standard InChI is InChI=1S/C22H21N3O2/c1-15-3-2-4-17(11-15)14-27-19-8-5-16(6-9-19)13-23-18-7-10-20-21(12-18)25-22(26)24-20/h2-12,23H,13-14H2,1H3,(H2,24,25,26). The number of anilines is 1. The zero-order chi connectivity index (χ0) is 18.6. The first kappa shape index (κ1) is 17.0. The number of rotatable bonds is 6. The number of ether oxygens (including phenoxy) is 1. The van der Waals surface area contributed by atoms with Crippen LogP contribution in [0.1, 0.15) is 16.7 Å². The summed E-state index contributed by atoms with van der Waals surface area (Å²) in [6.07, 6.45) is 0. The lowest BCUT2D eigenvalue weighted by atomic mass is 10.1. The highest BCUT2D eigenvalue weighted by Crippen LogP contribution is 2.18. The van der Waals surface area contributed by atoms with E-state index in [1.807, 2.05) is 36.4 Å². The molecule has 1 heterocycles. The molecule has 0 aliphatic rings. The highest BCUT2D eigenvalue weighted by molar-refractivity contribution is 5.78. The first-order chi connectivity index (χ1) is 13.2. The van der Waals surface area contributed by atoms with Crippen molar-refractivity contribution in [3.8, 4) is 5.75 Å². The number of benzene rings is 3. The number of fused-ring (bicyclic) bond motifs is 1. The summed E-state index contributed by atoms with van der Waals surface area (Å²) >= 11 is 0. The normalized spacial score (nSPS) is 10.9. The summed E-state index contributed by atoms with van der Waals surface area (Å²) < 4.78 is 5.86. The van der Waals surface area contributed by atoms with Crippen LogP contribution in [0, 0.1) is 6.92 Å². The van der Waals surface area contributed by atoms with Crippen molar-refractivity contribution >= 4 is 16.7 Å². The Balaban J connectivity index is 1.34. The molecule has 136 valence electrons. The summed E-state index contributed by atoms with van der Waals surface area (Å²) in [4.78, 5) is 16.8. The van der Waals surface area contributed by atoms with E-state index in [1.54, 1.807) is 0 Å². The van der Waals surface area contributed by atoms with Gasteiger partial charge >= 0.3 is 5.69 Å². The van der Waals surface area contributed by atoms with E-state index < -0.39 is 0 Å². The fourth-order valence-corrected chi connectivity index (χ4v) is 3.02. The number of nitrogens with one attached hydrogen (secondary N) is 3. The molecule has 0 aliphatic carbocycles. The molecule has 0 saturated heterocycles. The summed E-state index contributed by atoms with van der Waals surface area (Å²) in [5.74, 6) is 0.853. The number of aryl methyl sites for hydroxylation is 1.